The number of aryl methyl sites for hydroxylation is 1. The topological polar surface area (TPSA) is 74.9 Å². The van der Waals surface area contributed by atoms with Gasteiger partial charge in [0.25, 0.3) is 5.56 Å². The Labute approximate surface area is 109 Å². The van der Waals surface area contributed by atoms with E-state index in [2.05, 4.69) is 10.2 Å². The van der Waals surface area contributed by atoms with Crippen molar-refractivity contribution in [2.75, 3.05) is 0 Å². The van der Waals surface area contributed by atoms with Crippen LogP contribution in [0, 0.1) is 0 Å². The molecule has 98 valence electrons. The van der Waals surface area contributed by atoms with Gasteiger partial charge in [0.1, 0.15) is 0 Å². The summed E-state index contributed by atoms with van der Waals surface area (Å²) in [5, 5.41) is 5.44. The smallest absolute Gasteiger partial charge is 0.339 e. The van der Waals surface area contributed by atoms with E-state index in [1.54, 1.807) is 12.1 Å². The van der Waals surface area contributed by atoms with Crippen LogP contribution in [-0.4, -0.2) is 16.2 Å². The maximum Gasteiger partial charge on any atom is 0.339 e. The van der Waals surface area contributed by atoms with E-state index in [-0.39, 0.29) is 11.5 Å². The van der Waals surface area contributed by atoms with Gasteiger partial charge in [-0.2, -0.15) is 0 Å². The van der Waals surface area contributed by atoms with E-state index in [1.165, 1.54) is 0 Å². The molecule has 0 amide bonds. The monoisotopic (exact) mass is 258 g/mol. The lowest BCUT2D eigenvalue weighted by atomic mass is 9.98. The molecule has 1 aromatic heterocycles. The fourth-order valence-electron chi connectivity index (χ4n) is 2.49. The maximum atomic E-state index is 11.9. The zero-order valence-corrected chi connectivity index (χ0v) is 10.5. The molecular formula is C14H14N2O3. The molecule has 0 radical (unpaired) electrons. The summed E-state index contributed by atoms with van der Waals surface area (Å²) in [6.45, 7) is 2.03. The van der Waals surface area contributed by atoms with Crippen LogP contribution in [0.25, 0.3) is 0 Å². The fraction of sp³-hybridized carbons (Fsp3) is 0.286. The van der Waals surface area contributed by atoms with Crippen LogP contribution in [0.1, 0.15) is 46.6 Å². The highest BCUT2D eigenvalue weighted by Gasteiger charge is 2.35. The Balaban J connectivity index is 2.12. The van der Waals surface area contributed by atoms with Crippen molar-refractivity contribution in [3.05, 3.63) is 57.0 Å². The molecule has 0 fully saturated rings. The minimum Gasteiger partial charge on any atom is -0.449 e. The molecule has 0 spiro atoms. The second kappa shape index (κ2) is 4.42. The summed E-state index contributed by atoms with van der Waals surface area (Å²) in [5.74, 6) is -0.372. The van der Waals surface area contributed by atoms with Crippen LogP contribution < -0.4 is 5.56 Å². The Kier molecular flexibility index (Phi) is 2.74. The lowest BCUT2D eigenvalue weighted by Crippen LogP contribution is -2.13. The number of nitrogens with one attached hydrogen (secondary N) is 2. The maximum absolute atomic E-state index is 11.9. The van der Waals surface area contributed by atoms with Crippen molar-refractivity contribution in [3.8, 4) is 0 Å². The molecule has 2 heterocycles. The molecule has 0 aliphatic carbocycles. The number of carbonyl (C=O) groups is 1. The van der Waals surface area contributed by atoms with E-state index in [0.717, 1.165) is 24.1 Å². The molecular weight excluding hydrogens is 244 g/mol. The number of hydrogen-bond acceptors (Lipinski definition) is 3. The van der Waals surface area contributed by atoms with Gasteiger partial charge in [0, 0.05) is 11.3 Å². The predicted octanol–water partition coefficient (Wildman–Crippen LogP) is 1.92. The number of cyclic esters (lactones) is 1. The SMILES string of the molecule is CCCc1[nH][nH]c(=O)c1[C@H]1OC(=O)c2ccccc21. The molecule has 0 saturated heterocycles. The number of H-pyrrole nitrogens is 2. The van der Waals surface area contributed by atoms with Crippen LogP contribution in [0.4, 0.5) is 0 Å². The van der Waals surface area contributed by atoms with E-state index in [0.29, 0.717) is 11.1 Å². The second-order valence-corrected chi connectivity index (χ2v) is 4.59. The zero-order chi connectivity index (χ0) is 13.4. The predicted molar refractivity (Wildman–Crippen MR) is 69.1 cm³/mol. The number of carbonyl (C=O) groups excluding carboxylic acids is 1. The third kappa shape index (κ3) is 1.78. The fourth-order valence-corrected chi connectivity index (χ4v) is 2.49. The number of ether oxygens (including phenoxy) is 1. The number of benzene rings is 1. The summed E-state index contributed by atoms with van der Waals surface area (Å²) in [6, 6.07) is 7.18. The summed E-state index contributed by atoms with van der Waals surface area (Å²) < 4.78 is 5.37. The Morgan fingerprint density at radius 3 is 2.79 bits per heavy atom. The Hall–Kier alpha value is -2.30. The van der Waals surface area contributed by atoms with Gasteiger partial charge in [0.2, 0.25) is 0 Å². The zero-order valence-electron chi connectivity index (χ0n) is 10.5. The third-order valence-electron chi connectivity index (χ3n) is 3.35. The largest absolute Gasteiger partial charge is 0.449 e. The van der Waals surface area contributed by atoms with Crippen molar-refractivity contribution < 1.29 is 9.53 Å². The number of rotatable bonds is 3. The van der Waals surface area contributed by atoms with E-state index >= 15 is 0 Å². The van der Waals surface area contributed by atoms with E-state index in [9.17, 15) is 9.59 Å². The standard InChI is InChI=1S/C14H14N2O3/c1-2-5-10-11(13(17)16-15-10)12-8-6-3-4-7-9(8)14(18)19-12/h3-4,6-7,12H,2,5H2,1H3,(H2,15,16,17)/t12-/m0/s1. The highest BCUT2D eigenvalue weighted by molar-refractivity contribution is 5.94. The van der Waals surface area contributed by atoms with Crippen LogP contribution in [0.5, 0.6) is 0 Å². The summed E-state index contributed by atoms with van der Waals surface area (Å²) in [5.41, 5.74) is 2.39. The van der Waals surface area contributed by atoms with Crippen LogP contribution >= 0.6 is 0 Å². The molecule has 1 atom stereocenters. The molecule has 3 rings (SSSR count). The first-order chi connectivity index (χ1) is 9.22. The van der Waals surface area contributed by atoms with Crippen molar-refractivity contribution in [1.82, 2.24) is 10.2 Å². The summed E-state index contributed by atoms with van der Waals surface area (Å²) in [6.07, 6.45) is 1.05. The molecule has 5 nitrogen and oxygen atoms in total. The normalized spacial score (nSPS) is 17.3. The quantitative estimate of drug-likeness (QED) is 0.826. The molecule has 1 aromatic carbocycles. The van der Waals surface area contributed by atoms with Crippen LogP contribution in [-0.2, 0) is 11.2 Å². The van der Waals surface area contributed by atoms with Gasteiger partial charge in [-0.1, -0.05) is 31.5 Å². The number of aromatic nitrogens is 2. The van der Waals surface area contributed by atoms with Crippen molar-refractivity contribution in [3.63, 3.8) is 0 Å². The van der Waals surface area contributed by atoms with Gasteiger partial charge in [-0.3, -0.25) is 9.89 Å². The molecule has 1 aliphatic heterocycles. The highest BCUT2D eigenvalue weighted by atomic mass is 16.5. The van der Waals surface area contributed by atoms with Crippen LogP contribution in [0.2, 0.25) is 0 Å². The first-order valence-corrected chi connectivity index (χ1v) is 6.31. The van der Waals surface area contributed by atoms with E-state index in [4.69, 9.17) is 4.74 Å². The lowest BCUT2D eigenvalue weighted by Gasteiger charge is -2.09. The minimum absolute atomic E-state index is 0.224. The van der Waals surface area contributed by atoms with Crippen molar-refractivity contribution in [1.29, 1.82) is 0 Å². The van der Waals surface area contributed by atoms with Gasteiger partial charge in [0.05, 0.1) is 11.1 Å². The first kappa shape index (κ1) is 11.8. The molecule has 0 unspecified atom stereocenters. The van der Waals surface area contributed by atoms with E-state index < -0.39 is 6.10 Å². The number of esters is 1. The Morgan fingerprint density at radius 2 is 2.00 bits per heavy atom. The summed E-state index contributed by atoms with van der Waals surface area (Å²) >= 11 is 0. The Morgan fingerprint density at radius 1 is 1.21 bits per heavy atom. The Bertz CT molecular complexity index is 684. The molecule has 5 heteroatoms. The number of aromatic amines is 2. The molecule has 19 heavy (non-hydrogen) atoms. The molecule has 2 N–H and O–H groups in total. The van der Waals surface area contributed by atoms with Crippen molar-refractivity contribution in [2.24, 2.45) is 0 Å². The van der Waals surface area contributed by atoms with Gasteiger partial charge in [0.15, 0.2) is 6.10 Å². The number of fused-ring (bicyclic) bond motifs is 1. The van der Waals surface area contributed by atoms with Gasteiger partial charge in [-0.25, -0.2) is 4.79 Å². The van der Waals surface area contributed by atoms with Crippen LogP contribution in [0.3, 0.4) is 0 Å². The van der Waals surface area contributed by atoms with Crippen LogP contribution in [0.15, 0.2) is 29.1 Å². The third-order valence-corrected chi connectivity index (χ3v) is 3.35. The van der Waals surface area contributed by atoms with Crippen molar-refractivity contribution in [2.45, 2.75) is 25.9 Å². The molecule has 0 saturated carbocycles. The van der Waals surface area contributed by atoms with E-state index in [1.807, 2.05) is 19.1 Å². The molecule has 1 aliphatic rings. The minimum atomic E-state index is -0.597. The van der Waals surface area contributed by atoms with Gasteiger partial charge >= 0.3 is 5.97 Å². The summed E-state index contributed by atoms with van der Waals surface area (Å²) in [4.78, 5) is 23.7. The van der Waals surface area contributed by atoms with Gasteiger partial charge in [-0.05, 0) is 12.5 Å². The lowest BCUT2D eigenvalue weighted by molar-refractivity contribution is 0.0453. The second-order valence-electron chi connectivity index (χ2n) is 4.59. The highest BCUT2D eigenvalue weighted by Crippen LogP contribution is 2.35. The van der Waals surface area contributed by atoms with Crippen molar-refractivity contribution >= 4 is 5.97 Å². The van der Waals surface area contributed by atoms with Gasteiger partial charge < -0.3 is 9.84 Å². The average Bonchev–Trinajstić information content (AvgIpc) is 2.92. The summed E-state index contributed by atoms with van der Waals surface area (Å²) in [7, 11) is 0. The van der Waals surface area contributed by atoms with Gasteiger partial charge in [-0.15, -0.1) is 0 Å². The first-order valence-electron chi connectivity index (χ1n) is 6.31. The average molecular weight is 258 g/mol. The number of hydrogen-bond donors (Lipinski definition) is 2. The molecule has 0 bridgehead atoms. The molecule has 2 aromatic rings.